The summed E-state index contributed by atoms with van der Waals surface area (Å²) in [5.41, 5.74) is 0. The van der Waals surface area contributed by atoms with Crippen LogP contribution in [0.1, 0.15) is 38.5 Å². The van der Waals surface area contributed by atoms with E-state index < -0.39 is 0 Å². The molecule has 0 aromatic carbocycles. The Balaban J connectivity index is 1.84. The second-order valence-electron chi connectivity index (χ2n) is 5.17. The highest BCUT2D eigenvalue weighted by molar-refractivity contribution is 4.96. The van der Waals surface area contributed by atoms with Crippen molar-refractivity contribution in [2.24, 2.45) is 11.8 Å². The van der Waals surface area contributed by atoms with Crippen LogP contribution in [0.3, 0.4) is 0 Å². The van der Waals surface area contributed by atoms with Gasteiger partial charge in [0.05, 0.1) is 19.3 Å². The first-order chi connectivity index (χ1) is 7.32. The van der Waals surface area contributed by atoms with E-state index in [0.29, 0.717) is 11.8 Å². The monoisotopic (exact) mass is 212 g/mol. The SMILES string of the molecule is OC1CCC2(OCCO2)[C@H]2CCCC[C@H]12. The molecule has 0 bridgehead atoms. The molecule has 2 saturated carbocycles. The van der Waals surface area contributed by atoms with Crippen LogP contribution in [0, 0.1) is 11.8 Å². The molecule has 1 aliphatic heterocycles. The van der Waals surface area contributed by atoms with E-state index in [1.54, 1.807) is 0 Å². The molecule has 86 valence electrons. The molecule has 1 N–H and O–H groups in total. The summed E-state index contributed by atoms with van der Waals surface area (Å²) < 4.78 is 11.7. The van der Waals surface area contributed by atoms with Crippen molar-refractivity contribution in [2.75, 3.05) is 13.2 Å². The van der Waals surface area contributed by atoms with Gasteiger partial charge < -0.3 is 14.6 Å². The molecule has 0 radical (unpaired) electrons. The van der Waals surface area contributed by atoms with E-state index in [0.717, 1.165) is 32.5 Å². The summed E-state index contributed by atoms with van der Waals surface area (Å²) in [6, 6.07) is 0. The number of fused-ring (bicyclic) bond motifs is 2. The van der Waals surface area contributed by atoms with Crippen LogP contribution in [0.5, 0.6) is 0 Å². The molecular weight excluding hydrogens is 192 g/mol. The minimum atomic E-state index is -0.315. The Morgan fingerprint density at radius 1 is 1.00 bits per heavy atom. The van der Waals surface area contributed by atoms with Crippen molar-refractivity contribution in [1.82, 2.24) is 0 Å². The van der Waals surface area contributed by atoms with Crippen molar-refractivity contribution in [3.8, 4) is 0 Å². The molecule has 2 aliphatic carbocycles. The summed E-state index contributed by atoms with van der Waals surface area (Å²) in [7, 11) is 0. The molecule has 0 amide bonds. The van der Waals surface area contributed by atoms with Gasteiger partial charge in [-0.1, -0.05) is 12.8 Å². The van der Waals surface area contributed by atoms with E-state index in [2.05, 4.69) is 0 Å². The van der Waals surface area contributed by atoms with Crippen molar-refractivity contribution in [2.45, 2.75) is 50.4 Å². The highest BCUT2D eigenvalue weighted by Gasteiger charge is 2.53. The van der Waals surface area contributed by atoms with Crippen LogP contribution < -0.4 is 0 Å². The van der Waals surface area contributed by atoms with Gasteiger partial charge in [0, 0.05) is 12.3 Å². The molecule has 3 nitrogen and oxygen atoms in total. The fourth-order valence-electron chi connectivity index (χ4n) is 3.74. The number of ether oxygens (including phenoxy) is 2. The largest absolute Gasteiger partial charge is 0.393 e. The van der Waals surface area contributed by atoms with Gasteiger partial charge in [-0.05, 0) is 25.2 Å². The molecular formula is C12H20O3. The first-order valence-electron chi connectivity index (χ1n) is 6.28. The molecule has 3 aliphatic rings. The number of aliphatic hydroxyl groups excluding tert-OH is 1. The van der Waals surface area contributed by atoms with Gasteiger partial charge in [0.15, 0.2) is 5.79 Å². The molecule has 0 aromatic heterocycles. The molecule has 15 heavy (non-hydrogen) atoms. The third-order valence-electron chi connectivity index (χ3n) is 4.44. The van der Waals surface area contributed by atoms with Gasteiger partial charge in [-0.25, -0.2) is 0 Å². The predicted molar refractivity (Wildman–Crippen MR) is 55.3 cm³/mol. The second-order valence-corrected chi connectivity index (χ2v) is 5.17. The minimum Gasteiger partial charge on any atom is -0.393 e. The highest BCUT2D eigenvalue weighted by Crippen LogP contribution is 2.49. The van der Waals surface area contributed by atoms with Gasteiger partial charge in [0.1, 0.15) is 0 Å². The van der Waals surface area contributed by atoms with Crippen molar-refractivity contribution < 1.29 is 14.6 Å². The lowest BCUT2D eigenvalue weighted by Gasteiger charge is -2.48. The van der Waals surface area contributed by atoms with E-state index >= 15 is 0 Å². The van der Waals surface area contributed by atoms with Crippen molar-refractivity contribution in [3.05, 3.63) is 0 Å². The smallest absolute Gasteiger partial charge is 0.171 e. The predicted octanol–water partition coefficient (Wildman–Crippen LogP) is 1.69. The Labute approximate surface area is 90.8 Å². The van der Waals surface area contributed by atoms with Crippen LogP contribution in [0.15, 0.2) is 0 Å². The summed E-state index contributed by atoms with van der Waals surface area (Å²) >= 11 is 0. The van der Waals surface area contributed by atoms with E-state index in [9.17, 15) is 5.11 Å². The first kappa shape index (κ1) is 10.1. The average molecular weight is 212 g/mol. The second kappa shape index (κ2) is 3.72. The van der Waals surface area contributed by atoms with Crippen LogP contribution >= 0.6 is 0 Å². The summed E-state index contributed by atoms with van der Waals surface area (Å²) in [5.74, 6) is 0.549. The van der Waals surface area contributed by atoms with Crippen molar-refractivity contribution >= 4 is 0 Å². The summed E-state index contributed by atoms with van der Waals surface area (Å²) in [6.07, 6.45) is 6.46. The Bertz CT molecular complexity index is 235. The first-order valence-corrected chi connectivity index (χ1v) is 6.28. The van der Waals surface area contributed by atoms with Gasteiger partial charge in [-0.3, -0.25) is 0 Å². The minimum absolute atomic E-state index is 0.117. The zero-order valence-electron chi connectivity index (χ0n) is 9.15. The number of hydrogen-bond acceptors (Lipinski definition) is 3. The topological polar surface area (TPSA) is 38.7 Å². The van der Waals surface area contributed by atoms with Crippen LogP contribution in [-0.4, -0.2) is 30.2 Å². The van der Waals surface area contributed by atoms with E-state index in [1.807, 2.05) is 0 Å². The Kier molecular flexibility index (Phi) is 2.49. The maximum absolute atomic E-state index is 10.0. The molecule has 3 heteroatoms. The van der Waals surface area contributed by atoms with Gasteiger partial charge in [-0.2, -0.15) is 0 Å². The molecule has 1 unspecified atom stereocenters. The van der Waals surface area contributed by atoms with Gasteiger partial charge in [0.25, 0.3) is 0 Å². The lowest BCUT2D eigenvalue weighted by molar-refractivity contribution is -0.248. The molecule has 1 saturated heterocycles. The van der Waals surface area contributed by atoms with Gasteiger partial charge >= 0.3 is 0 Å². The third kappa shape index (κ3) is 1.52. The molecule has 3 fully saturated rings. The molecule has 0 aromatic rings. The maximum Gasteiger partial charge on any atom is 0.171 e. The summed E-state index contributed by atoms with van der Waals surface area (Å²) in [4.78, 5) is 0. The number of rotatable bonds is 0. The Morgan fingerprint density at radius 2 is 1.73 bits per heavy atom. The lowest BCUT2D eigenvalue weighted by atomic mass is 9.66. The Morgan fingerprint density at radius 3 is 2.53 bits per heavy atom. The fraction of sp³-hybridized carbons (Fsp3) is 1.00. The van der Waals surface area contributed by atoms with Crippen molar-refractivity contribution in [3.63, 3.8) is 0 Å². The standard InChI is InChI=1S/C12H20O3/c13-11-5-6-12(14-7-8-15-12)10-4-2-1-3-9(10)11/h9-11,13H,1-8H2/t9-,10-,11?/m0/s1. The van der Waals surface area contributed by atoms with E-state index in [-0.39, 0.29) is 11.9 Å². The highest BCUT2D eigenvalue weighted by atomic mass is 16.7. The number of aliphatic hydroxyl groups is 1. The van der Waals surface area contributed by atoms with Crippen molar-refractivity contribution in [1.29, 1.82) is 0 Å². The zero-order valence-corrected chi connectivity index (χ0v) is 9.15. The molecule has 3 atom stereocenters. The van der Waals surface area contributed by atoms with Gasteiger partial charge in [-0.15, -0.1) is 0 Å². The van der Waals surface area contributed by atoms with Gasteiger partial charge in [0.2, 0.25) is 0 Å². The maximum atomic E-state index is 10.0. The number of hydrogen-bond donors (Lipinski definition) is 1. The molecule has 1 spiro atoms. The Hall–Kier alpha value is -0.120. The zero-order chi connectivity index (χ0) is 10.3. The quantitative estimate of drug-likeness (QED) is 0.664. The summed E-state index contributed by atoms with van der Waals surface area (Å²) in [5, 5.41) is 10.0. The fourth-order valence-corrected chi connectivity index (χ4v) is 3.74. The normalized spacial score (nSPS) is 44.2. The molecule has 1 heterocycles. The third-order valence-corrected chi connectivity index (χ3v) is 4.44. The summed E-state index contributed by atoms with van der Waals surface area (Å²) in [6.45, 7) is 1.47. The van der Waals surface area contributed by atoms with E-state index in [4.69, 9.17) is 9.47 Å². The van der Waals surface area contributed by atoms with Crippen LogP contribution in [0.25, 0.3) is 0 Å². The van der Waals surface area contributed by atoms with E-state index in [1.165, 1.54) is 19.3 Å². The average Bonchev–Trinajstić information content (AvgIpc) is 2.74. The van der Waals surface area contributed by atoms with Crippen LogP contribution in [-0.2, 0) is 9.47 Å². The van der Waals surface area contributed by atoms with Crippen LogP contribution in [0.2, 0.25) is 0 Å². The molecule has 3 rings (SSSR count). The van der Waals surface area contributed by atoms with Crippen LogP contribution in [0.4, 0.5) is 0 Å². The lowest BCUT2D eigenvalue weighted by Crippen LogP contribution is -2.52.